The van der Waals surface area contributed by atoms with Crippen LogP contribution in [-0.2, 0) is 6.42 Å². The lowest BCUT2D eigenvalue weighted by Gasteiger charge is -2.03. The zero-order chi connectivity index (χ0) is 11.2. The molecule has 2 aromatic carbocycles. The summed E-state index contributed by atoms with van der Waals surface area (Å²) in [6.07, 6.45) is 4.48. The van der Waals surface area contributed by atoms with Crippen molar-refractivity contribution >= 4 is 10.8 Å². The molecule has 3 aromatic rings. The van der Waals surface area contributed by atoms with Gasteiger partial charge in [0.25, 0.3) is 0 Å². The average Bonchev–Trinajstić information content (AvgIpc) is 2.73. The van der Waals surface area contributed by atoms with Crippen LogP contribution in [0.2, 0.25) is 0 Å². The van der Waals surface area contributed by atoms with Gasteiger partial charge in [-0.05, 0) is 28.0 Å². The highest BCUT2D eigenvalue weighted by molar-refractivity contribution is 5.91. The number of benzene rings is 2. The molecule has 0 aliphatic heterocycles. The third-order valence-electron chi connectivity index (χ3n) is 3.41. The SMILES string of the molecule is c1ccc2cc3c(cc2c1)Cc1ncncc1-3. The van der Waals surface area contributed by atoms with Crippen LogP contribution in [0.5, 0.6) is 0 Å². The van der Waals surface area contributed by atoms with E-state index in [1.54, 1.807) is 6.33 Å². The summed E-state index contributed by atoms with van der Waals surface area (Å²) >= 11 is 0. The molecule has 1 aliphatic carbocycles. The summed E-state index contributed by atoms with van der Waals surface area (Å²) in [7, 11) is 0. The molecule has 0 fully saturated rings. The van der Waals surface area contributed by atoms with Crippen molar-refractivity contribution in [3.63, 3.8) is 0 Å². The van der Waals surface area contributed by atoms with Crippen LogP contribution in [0.15, 0.2) is 48.9 Å². The van der Waals surface area contributed by atoms with Crippen molar-refractivity contribution in [1.82, 2.24) is 9.97 Å². The van der Waals surface area contributed by atoms with Crippen LogP contribution in [0.4, 0.5) is 0 Å². The standard InChI is InChI=1S/C15H10N2/c1-2-4-11-6-13-12(5-10(11)3-1)7-15-14(13)8-16-9-17-15/h1-6,8-9H,7H2. The van der Waals surface area contributed by atoms with E-state index in [-0.39, 0.29) is 0 Å². The molecule has 1 aromatic heterocycles. The van der Waals surface area contributed by atoms with E-state index in [2.05, 4.69) is 46.4 Å². The summed E-state index contributed by atoms with van der Waals surface area (Å²) in [4.78, 5) is 8.48. The predicted molar refractivity (Wildman–Crippen MR) is 67.8 cm³/mol. The molecule has 0 N–H and O–H groups in total. The number of fused-ring (bicyclic) bond motifs is 4. The molecular formula is C15H10N2. The van der Waals surface area contributed by atoms with E-state index in [1.165, 1.54) is 27.5 Å². The molecule has 17 heavy (non-hydrogen) atoms. The maximum atomic E-state index is 4.35. The lowest BCUT2D eigenvalue weighted by atomic mass is 10.0. The summed E-state index contributed by atoms with van der Waals surface area (Å²) < 4.78 is 0. The van der Waals surface area contributed by atoms with E-state index in [0.717, 1.165) is 12.1 Å². The van der Waals surface area contributed by atoms with Crippen molar-refractivity contribution < 1.29 is 0 Å². The predicted octanol–water partition coefficient (Wildman–Crippen LogP) is 3.20. The summed E-state index contributed by atoms with van der Waals surface area (Å²) in [6.45, 7) is 0. The van der Waals surface area contributed by atoms with Crippen LogP contribution in [0.1, 0.15) is 11.3 Å². The summed E-state index contributed by atoms with van der Waals surface area (Å²) in [5, 5.41) is 2.58. The Morgan fingerprint density at radius 1 is 0.941 bits per heavy atom. The van der Waals surface area contributed by atoms with Crippen LogP contribution in [0.25, 0.3) is 21.9 Å². The quantitative estimate of drug-likeness (QED) is 0.453. The van der Waals surface area contributed by atoms with Gasteiger partial charge in [-0.25, -0.2) is 9.97 Å². The first-order valence-corrected chi connectivity index (χ1v) is 5.73. The number of aromatic nitrogens is 2. The molecule has 0 radical (unpaired) electrons. The van der Waals surface area contributed by atoms with Gasteiger partial charge in [-0.15, -0.1) is 0 Å². The Labute approximate surface area is 99.0 Å². The van der Waals surface area contributed by atoms with E-state index in [1.807, 2.05) is 6.20 Å². The lowest BCUT2D eigenvalue weighted by Crippen LogP contribution is -1.86. The molecule has 2 nitrogen and oxygen atoms in total. The van der Waals surface area contributed by atoms with Crippen molar-refractivity contribution in [2.75, 3.05) is 0 Å². The minimum Gasteiger partial charge on any atom is -0.244 e. The third kappa shape index (κ3) is 1.21. The normalized spacial score (nSPS) is 12.5. The molecular weight excluding hydrogens is 208 g/mol. The monoisotopic (exact) mass is 218 g/mol. The molecule has 4 rings (SSSR count). The molecule has 0 unspecified atom stereocenters. The molecule has 0 spiro atoms. The number of rotatable bonds is 0. The second-order valence-corrected chi connectivity index (χ2v) is 4.42. The maximum Gasteiger partial charge on any atom is 0.115 e. The van der Waals surface area contributed by atoms with Crippen LogP contribution in [0, 0.1) is 0 Å². The largest absolute Gasteiger partial charge is 0.244 e. The van der Waals surface area contributed by atoms with Crippen LogP contribution >= 0.6 is 0 Å². The number of hydrogen-bond donors (Lipinski definition) is 0. The van der Waals surface area contributed by atoms with Gasteiger partial charge in [-0.1, -0.05) is 30.3 Å². The minimum absolute atomic E-state index is 0.929. The lowest BCUT2D eigenvalue weighted by molar-refractivity contribution is 1.07. The van der Waals surface area contributed by atoms with Crippen molar-refractivity contribution in [3.8, 4) is 11.1 Å². The number of hydrogen-bond acceptors (Lipinski definition) is 2. The Bertz CT molecular complexity index is 732. The highest BCUT2D eigenvalue weighted by atomic mass is 14.8. The first-order chi connectivity index (χ1) is 8.42. The smallest absolute Gasteiger partial charge is 0.115 e. The molecule has 0 amide bonds. The maximum absolute atomic E-state index is 4.35. The van der Waals surface area contributed by atoms with E-state index in [4.69, 9.17) is 0 Å². The van der Waals surface area contributed by atoms with Crippen molar-refractivity contribution in [1.29, 1.82) is 0 Å². The molecule has 1 heterocycles. The van der Waals surface area contributed by atoms with Gasteiger partial charge in [0.05, 0.1) is 5.69 Å². The Balaban J connectivity index is 2.07. The van der Waals surface area contributed by atoms with Gasteiger partial charge in [0.2, 0.25) is 0 Å². The summed E-state index contributed by atoms with van der Waals surface area (Å²) in [5.74, 6) is 0. The highest BCUT2D eigenvalue weighted by Crippen LogP contribution is 2.37. The van der Waals surface area contributed by atoms with Gasteiger partial charge in [0.1, 0.15) is 6.33 Å². The van der Waals surface area contributed by atoms with E-state index in [0.29, 0.717) is 0 Å². The zero-order valence-corrected chi connectivity index (χ0v) is 9.22. The second kappa shape index (κ2) is 3.14. The summed E-state index contributed by atoms with van der Waals surface area (Å²) in [5.41, 5.74) is 4.98. The topological polar surface area (TPSA) is 25.8 Å². The Hall–Kier alpha value is -2.22. The minimum atomic E-state index is 0.929. The number of nitrogens with zero attached hydrogens (tertiary/aromatic N) is 2. The van der Waals surface area contributed by atoms with Crippen LogP contribution in [0.3, 0.4) is 0 Å². The fraction of sp³-hybridized carbons (Fsp3) is 0.0667. The van der Waals surface area contributed by atoms with Crippen molar-refractivity contribution in [2.45, 2.75) is 6.42 Å². The fourth-order valence-electron chi connectivity index (χ4n) is 2.59. The highest BCUT2D eigenvalue weighted by Gasteiger charge is 2.19. The molecule has 0 bridgehead atoms. The van der Waals surface area contributed by atoms with E-state index in [9.17, 15) is 0 Å². The van der Waals surface area contributed by atoms with Gasteiger partial charge in [0, 0.05) is 18.2 Å². The molecule has 1 aliphatic rings. The fourth-order valence-corrected chi connectivity index (χ4v) is 2.59. The van der Waals surface area contributed by atoms with Gasteiger partial charge in [-0.3, -0.25) is 0 Å². The summed E-state index contributed by atoms with van der Waals surface area (Å²) in [6, 6.07) is 13.0. The van der Waals surface area contributed by atoms with Crippen molar-refractivity contribution in [3.05, 3.63) is 60.2 Å². The first kappa shape index (κ1) is 8.88. The molecule has 0 saturated heterocycles. The average molecular weight is 218 g/mol. The van der Waals surface area contributed by atoms with Crippen molar-refractivity contribution in [2.24, 2.45) is 0 Å². The van der Waals surface area contributed by atoms with E-state index >= 15 is 0 Å². The molecule has 80 valence electrons. The molecule has 0 saturated carbocycles. The van der Waals surface area contributed by atoms with Gasteiger partial charge in [-0.2, -0.15) is 0 Å². The Kier molecular flexibility index (Phi) is 1.64. The Morgan fingerprint density at radius 2 is 1.76 bits per heavy atom. The van der Waals surface area contributed by atoms with Gasteiger partial charge >= 0.3 is 0 Å². The zero-order valence-electron chi connectivity index (χ0n) is 9.22. The first-order valence-electron chi connectivity index (χ1n) is 5.73. The molecule has 0 atom stereocenters. The van der Waals surface area contributed by atoms with E-state index < -0.39 is 0 Å². The van der Waals surface area contributed by atoms with Crippen LogP contribution < -0.4 is 0 Å². The third-order valence-corrected chi connectivity index (χ3v) is 3.41. The van der Waals surface area contributed by atoms with Gasteiger partial charge < -0.3 is 0 Å². The Morgan fingerprint density at radius 3 is 2.65 bits per heavy atom. The van der Waals surface area contributed by atoms with Crippen LogP contribution in [-0.4, -0.2) is 9.97 Å². The van der Waals surface area contributed by atoms with Gasteiger partial charge in [0.15, 0.2) is 0 Å². The second-order valence-electron chi connectivity index (χ2n) is 4.42. The molecule has 2 heteroatoms.